The number of ketones is 1. The predicted molar refractivity (Wildman–Crippen MR) is 92.3 cm³/mol. The van der Waals surface area contributed by atoms with Crippen LogP contribution >= 0.6 is 0 Å². The summed E-state index contributed by atoms with van der Waals surface area (Å²) in [5.74, 6) is -1.83. The normalized spacial score (nSPS) is 11.1. The number of aromatic nitrogens is 1. The van der Waals surface area contributed by atoms with Crippen molar-refractivity contribution in [3.8, 4) is 5.75 Å². The molecule has 1 heterocycles. The number of carbonyl (C=O) groups is 2. The minimum atomic E-state index is -4.72. The number of nitrogens with zero attached hydrogens (tertiary/aromatic N) is 1. The number of halogens is 3. The van der Waals surface area contributed by atoms with Crippen molar-refractivity contribution in [2.24, 2.45) is 0 Å². The van der Waals surface area contributed by atoms with Gasteiger partial charge >= 0.3 is 6.18 Å². The fourth-order valence-electron chi connectivity index (χ4n) is 2.31. The number of amides is 1. The molecule has 0 radical (unpaired) electrons. The van der Waals surface area contributed by atoms with E-state index in [1.165, 1.54) is 31.4 Å². The molecule has 0 atom stereocenters. The summed E-state index contributed by atoms with van der Waals surface area (Å²) in [5.41, 5.74) is 0.462. The maximum atomic E-state index is 12.5. The van der Waals surface area contributed by atoms with Crippen LogP contribution in [0.15, 0.2) is 59.1 Å². The van der Waals surface area contributed by atoms with Crippen LogP contribution in [0.3, 0.4) is 0 Å². The van der Waals surface area contributed by atoms with Gasteiger partial charge in [0, 0.05) is 22.9 Å². The van der Waals surface area contributed by atoms with Crippen molar-refractivity contribution in [2.75, 3.05) is 12.4 Å². The Morgan fingerprint density at radius 1 is 1.00 bits per heavy atom. The van der Waals surface area contributed by atoms with Crippen molar-refractivity contribution in [3.05, 3.63) is 77.2 Å². The molecule has 0 aliphatic rings. The summed E-state index contributed by atoms with van der Waals surface area (Å²) < 4.78 is 46.8. The molecule has 2 aromatic carbocycles. The van der Waals surface area contributed by atoms with Crippen LogP contribution in [0.1, 0.15) is 32.2 Å². The average molecular weight is 390 g/mol. The van der Waals surface area contributed by atoms with E-state index in [1.807, 2.05) is 0 Å². The summed E-state index contributed by atoms with van der Waals surface area (Å²) in [4.78, 5) is 24.4. The zero-order chi connectivity index (χ0) is 20.3. The number of hydrogen-bond acceptors (Lipinski definition) is 5. The lowest BCUT2D eigenvalue weighted by Crippen LogP contribution is -2.12. The zero-order valence-corrected chi connectivity index (χ0v) is 14.4. The molecule has 1 N–H and O–H groups in total. The molecule has 9 heteroatoms. The minimum Gasteiger partial charge on any atom is -0.497 e. The molecular formula is C19H13F3N2O4. The predicted octanol–water partition coefficient (Wildman–Crippen LogP) is 4.19. The van der Waals surface area contributed by atoms with Gasteiger partial charge in [-0.3, -0.25) is 9.59 Å². The molecule has 0 saturated heterocycles. The highest BCUT2D eigenvalue weighted by Crippen LogP contribution is 2.30. The highest BCUT2D eigenvalue weighted by Gasteiger charge is 2.36. The largest absolute Gasteiger partial charge is 0.497 e. The van der Waals surface area contributed by atoms with Crippen molar-refractivity contribution in [1.29, 1.82) is 0 Å². The van der Waals surface area contributed by atoms with E-state index in [4.69, 9.17) is 4.74 Å². The van der Waals surface area contributed by atoms with Crippen LogP contribution in [0.25, 0.3) is 0 Å². The molecule has 0 bridgehead atoms. The topological polar surface area (TPSA) is 81.4 Å². The first-order valence-electron chi connectivity index (χ1n) is 7.92. The number of rotatable bonds is 5. The van der Waals surface area contributed by atoms with Gasteiger partial charge in [-0.15, -0.1) is 0 Å². The van der Waals surface area contributed by atoms with Crippen LogP contribution < -0.4 is 10.1 Å². The highest BCUT2D eigenvalue weighted by atomic mass is 19.4. The van der Waals surface area contributed by atoms with Crippen LogP contribution in [0, 0.1) is 0 Å². The number of anilines is 1. The average Bonchev–Trinajstić information content (AvgIpc) is 3.19. The first-order valence-corrected chi connectivity index (χ1v) is 7.92. The van der Waals surface area contributed by atoms with Crippen molar-refractivity contribution < 1.29 is 32.0 Å². The monoisotopic (exact) mass is 390 g/mol. The second kappa shape index (κ2) is 7.55. The first kappa shape index (κ1) is 19.2. The standard InChI is InChI=1S/C19H13F3N2O4/c1-27-14-8-4-12(5-9-14)18(26)23-13-6-2-11(3-7-13)17(25)15-10-16(28-24-15)19(20,21)22/h2-10H,1H3,(H,23,26). The lowest BCUT2D eigenvalue weighted by Gasteiger charge is -2.07. The van der Waals surface area contributed by atoms with Gasteiger partial charge in [-0.05, 0) is 48.5 Å². The van der Waals surface area contributed by atoms with Crippen molar-refractivity contribution in [2.45, 2.75) is 6.18 Å². The van der Waals surface area contributed by atoms with Crippen LogP contribution in [0.5, 0.6) is 5.75 Å². The van der Waals surface area contributed by atoms with E-state index in [9.17, 15) is 22.8 Å². The molecule has 1 aromatic heterocycles. The van der Waals surface area contributed by atoms with E-state index in [1.54, 1.807) is 24.3 Å². The Bertz CT molecular complexity index is 993. The van der Waals surface area contributed by atoms with Gasteiger partial charge in [-0.1, -0.05) is 5.16 Å². The summed E-state index contributed by atoms with van der Waals surface area (Å²) in [7, 11) is 1.51. The van der Waals surface area contributed by atoms with Crippen molar-refractivity contribution in [1.82, 2.24) is 5.16 Å². The molecule has 3 aromatic rings. The Hall–Kier alpha value is -3.62. The molecule has 0 aliphatic carbocycles. The maximum absolute atomic E-state index is 12.5. The molecule has 0 saturated carbocycles. The van der Waals surface area contributed by atoms with Gasteiger partial charge in [-0.2, -0.15) is 13.2 Å². The summed E-state index contributed by atoms with van der Waals surface area (Å²) in [6.07, 6.45) is -4.72. The van der Waals surface area contributed by atoms with E-state index in [2.05, 4.69) is 15.0 Å². The van der Waals surface area contributed by atoms with Gasteiger partial charge in [0.2, 0.25) is 11.5 Å². The smallest absolute Gasteiger partial charge is 0.452 e. The van der Waals surface area contributed by atoms with Gasteiger partial charge in [0.05, 0.1) is 7.11 Å². The van der Waals surface area contributed by atoms with Gasteiger partial charge in [-0.25, -0.2) is 0 Å². The van der Waals surface area contributed by atoms with Crippen LogP contribution in [-0.4, -0.2) is 24.0 Å². The lowest BCUT2D eigenvalue weighted by atomic mass is 10.1. The van der Waals surface area contributed by atoms with Crippen molar-refractivity contribution in [3.63, 3.8) is 0 Å². The number of alkyl halides is 3. The fourth-order valence-corrected chi connectivity index (χ4v) is 2.31. The van der Waals surface area contributed by atoms with E-state index in [-0.39, 0.29) is 11.5 Å². The van der Waals surface area contributed by atoms with E-state index >= 15 is 0 Å². The van der Waals surface area contributed by atoms with Gasteiger partial charge in [0.1, 0.15) is 5.75 Å². The third-order valence-corrected chi connectivity index (χ3v) is 3.78. The summed E-state index contributed by atoms with van der Waals surface area (Å²) in [5, 5.41) is 5.81. The number of carbonyl (C=O) groups excluding carboxylic acids is 2. The Morgan fingerprint density at radius 2 is 1.61 bits per heavy atom. The zero-order valence-electron chi connectivity index (χ0n) is 14.4. The van der Waals surface area contributed by atoms with Crippen LogP contribution in [0.4, 0.5) is 18.9 Å². The third-order valence-electron chi connectivity index (χ3n) is 3.78. The second-order valence-electron chi connectivity index (χ2n) is 5.66. The maximum Gasteiger partial charge on any atom is 0.452 e. The number of ether oxygens (including phenoxy) is 1. The number of hydrogen-bond donors (Lipinski definition) is 1. The SMILES string of the molecule is COc1ccc(C(=O)Nc2ccc(C(=O)c3cc(C(F)(F)F)on3)cc2)cc1. The highest BCUT2D eigenvalue weighted by molar-refractivity contribution is 6.08. The molecule has 0 fully saturated rings. The molecule has 0 aliphatic heterocycles. The Morgan fingerprint density at radius 3 is 2.14 bits per heavy atom. The lowest BCUT2D eigenvalue weighted by molar-refractivity contribution is -0.155. The van der Waals surface area contributed by atoms with Crippen LogP contribution in [0.2, 0.25) is 0 Å². The summed E-state index contributed by atoms with van der Waals surface area (Å²) >= 11 is 0. The molecule has 3 rings (SSSR count). The number of nitrogens with one attached hydrogen (secondary N) is 1. The van der Waals surface area contributed by atoms with Crippen molar-refractivity contribution >= 4 is 17.4 Å². The number of benzene rings is 2. The van der Waals surface area contributed by atoms with Gasteiger partial charge in [0.25, 0.3) is 5.91 Å². The quantitative estimate of drug-likeness (QED) is 0.661. The van der Waals surface area contributed by atoms with Gasteiger partial charge in [0.15, 0.2) is 5.69 Å². The summed E-state index contributed by atoms with van der Waals surface area (Å²) in [6.45, 7) is 0. The van der Waals surface area contributed by atoms with E-state index in [0.29, 0.717) is 23.1 Å². The fraction of sp³-hybridized carbons (Fsp3) is 0.105. The van der Waals surface area contributed by atoms with Gasteiger partial charge < -0.3 is 14.6 Å². The molecule has 144 valence electrons. The molecule has 6 nitrogen and oxygen atoms in total. The van der Waals surface area contributed by atoms with Crippen LogP contribution in [-0.2, 0) is 6.18 Å². The molecule has 0 spiro atoms. The Kier molecular flexibility index (Phi) is 5.16. The molecule has 28 heavy (non-hydrogen) atoms. The minimum absolute atomic E-state index is 0.101. The Labute approximate surface area is 156 Å². The summed E-state index contributed by atoms with van der Waals surface area (Å²) in [6, 6.07) is 12.7. The number of methoxy groups -OCH3 is 1. The Balaban J connectivity index is 1.69. The first-order chi connectivity index (χ1) is 13.3. The molecule has 1 amide bonds. The molecular weight excluding hydrogens is 377 g/mol. The van der Waals surface area contributed by atoms with E-state index < -0.39 is 23.4 Å². The second-order valence-corrected chi connectivity index (χ2v) is 5.66. The third kappa shape index (κ3) is 4.20. The van der Waals surface area contributed by atoms with E-state index in [0.717, 1.165) is 0 Å². The molecule has 0 unspecified atom stereocenters.